The lowest BCUT2D eigenvalue weighted by Crippen LogP contribution is -2.36. The third kappa shape index (κ3) is 3.19. The molecule has 1 saturated heterocycles. The minimum absolute atomic E-state index is 0.0296. The van der Waals surface area contributed by atoms with Gasteiger partial charge in [-0.05, 0) is 48.7 Å². The Morgan fingerprint density at radius 3 is 2.67 bits per heavy atom. The molecule has 2 aliphatic heterocycles. The van der Waals surface area contributed by atoms with Gasteiger partial charge in [0.05, 0.1) is 38.5 Å². The summed E-state index contributed by atoms with van der Waals surface area (Å²) < 4.78 is 22.5. The second-order valence-electron chi connectivity index (χ2n) is 6.91. The predicted octanol–water partition coefficient (Wildman–Crippen LogP) is 5.00. The maximum absolute atomic E-state index is 6.47. The van der Waals surface area contributed by atoms with E-state index < -0.39 is 0 Å². The summed E-state index contributed by atoms with van der Waals surface area (Å²) in [5, 5.41) is 4.23. The number of hydrogen-bond acceptors (Lipinski definition) is 5. The van der Waals surface area contributed by atoms with Gasteiger partial charge in [0, 0.05) is 23.8 Å². The molecule has 2 aromatic rings. The average molecular weight is 390 g/mol. The van der Waals surface area contributed by atoms with Gasteiger partial charge < -0.3 is 24.3 Å². The zero-order chi connectivity index (χ0) is 19.0. The molecule has 2 aliphatic rings. The van der Waals surface area contributed by atoms with Crippen LogP contribution in [0.25, 0.3) is 0 Å². The molecule has 0 aliphatic carbocycles. The normalized spacial score (nSPS) is 23.6. The lowest BCUT2D eigenvalue weighted by atomic mass is 9.77. The van der Waals surface area contributed by atoms with Crippen LogP contribution in [-0.4, -0.2) is 27.9 Å². The highest BCUT2D eigenvalue weighted by molar-refractivity contribution is 6.32. The Labute approximate surface area is 164 Å². The van der Waals surface area contributed by atoms with Crippen molar-refractivity contribution >= 4 is 17.3 Å². The molecule has 1 unspecified atom stereocenters. The Bertz CT molecular complexity index is 841. The third-order valence-electron chi connectivity index (χ3n) is 5.49. The number of methoxy groups -OCH3 is 3. The van der Waals surface area contributed by atoms with Crippen molar-refractivity contribution in [3.8, 4) is 17.2 Å². The van der Waals surface area contributed by atoms with E-state index in [1.807, 2.05) is 18.2 Å². The average Bonchev–Trinajstić information content (AvgIpc) is 2.72. The van der Waals surface area contributed by atoms with Crippen LogP contribution in [0.4, 0.5) is 5.69 Å². The number of rotatable bonds is 4. The molecular weight excluding hydrogens is 366 g/mol. The first kappa shape index (κ1) is 18.3. The lowest BCUT2D eigenvalue weighted by molar-refractivity contribution is -0.0382. The number of fused-ring (bicyclic) bond motifs is 3. The summed E-state index contributed by atoms with van der Waals surface area (Å²) in [4.78, 5) is 0. The monoisotopic (exact) mass is 389 g/mol. The van der Waals surface area contributed by atoms with E-state index in [9.17, 15) is 0 Å². The summed E-state index contributed by atoms with van der Waals surface area (Å²) in [6.45, 7) is 0.775. The van der Waals surface area contributed by atoms with Crippen molar-refractivity contribution in [1.29, 1.82) is 0 Å². The lowest BCUT2D eigenvalue weighted by Gasteiger charge is -2.43. The first-order chi connectivity index (χ1) is 13.2. The standard InChI is InChI=1S/C21H24ClNO4/c1-24-13-6-7-17-15(11-13)20-14(5-4-8-27-20)19(23-17)12-9-16(22)21(26-3)18(10-12)25-2/h6-7,9-11,14,19-20,23H,4-5,8H2,1-3H3/t14-,19?,20-/m0/s1. The van der Waals surface area contributed by atoms with E-state index in [0.29, 0.717) is 22.4 Å². The zero-order valence-electron chi connectivity index (χ0n) is 15.8. The van der Waals surface area contributed by atoms with Crippen molar-refractivity contribution in [2.24, 2.45) is 5.92 Å². The smallest absolute Gasteiger partial charge is 0.179 e. The fourth-order valence-corrected chi connectivity index (χ4v) is 4.52. The fraction of sp³-hybridized carbons (Fsp3) is 0.429. The molecule has 0 aromatic heterocycles. The minimum atomic E-state index is 0.0296. The van der Waals surface area contributed by atoms with E-state index >= 15 is 0 Å². The van der Waals surface area contributed by atoms with E-state index in [2.05, 4.69) is 17.4 Å². The molecule has 2 heterocycles. The Kier molecular flexibility index (Phi) is 5.06. The number of halogens is 1. The maximum atomic E-state index is 6.47. The van der Waals surface area contributed by atoms with Crippen LogP contribution >= 0.6 is 11.6 Å². The van der Waals surface area contributed by atoms with Gasteiger partial charge in [0.2, 0.25) is 0 Å². The molecule has 0 radical (unpaired) electrons. The number of nitrogens with one attached hydrogen (secondary N) is 1. The van der Waals surface area contributed by atoms with Crippen LogP contribution in [0.5, 0.6) is 17.2 Å². The summed E-state index contributed by atoms with van der Waals surface area (Å²) in [6, 6.07) is 10.1. The molecule has 0 saturated carbocycles. The second-order valence-corrected chi connectivity index (χ2v) is 7.32. The van der Waals surface area contributed by atoms with E-state index in [1.54, 1.807) is 21.3 Å². The summed E-state index contributed by atoms with van der Waals surface area (Å²) in [5.41, 5.74) is 3.29. The van der Waals surface area contributed by atoms with Crippen LogP contribution in [0.1, 0.15) is 36.1 Å². The van der Waals surface area contributed by atoms with Gasteiger partial charge in [-0.25, -0.2) is 0 Å². The van der Waals surface area contributed by atoms with Crippen molar-refractivity contribution in [3.05, 3.63) is 46.5 Å². The number of benzene rings is 2. The molecule has 4 rings (SSSR count). The quantitative estimate of drug-likeness (QED) is 0.797. The molecule has 3 atom stereocenters. The van der Waals surface area contributed by atoms with Gasteiger partial charge >= 0.3 is 0 Å². The molecule has 5 nitrogen and oxygen atoms in total. The largest absolute Gasteiger partial charge is 0.497 e. The highest BCUT2D eigenvalue weighted by Crippen LogP contribution is 2.51. The van der Waals surface area contributed by atoms with Gasteiger partial charge in [0.1, 0.15) is 5.75 Å². The molecule has 1 N–H and O–H groups in total. The SMILES string of the molecule is COc1ccc2c(c1)[C@H]1OCCC[C@H]1C(c1cc(Cl)c(OC)c(OC)c1)N2. The molecule has 144 valence electrons. The predicted molar refractivity (Wildman–Crippen MR) is 105 cm³/mol. The first-order valence-corrected chi connectivity index (χ1v) is 9.51. The minimum Gasteiger partial charge on any atom is -0.497 e. The maximum Gasteiger partial charge on any atom is 0.179 e. The molecular formula is C21H24ClNO4. The summed E-state index contributed by atoms with van der Waals surface area (Å²) in [6.07, 6.45) is 2.15. The van der Waals surface area contributed by atoms with Gasteiger partial charge in [-0.2, -0.15) is 0 Å². The van der Waals surface area contributed by atoms with E-state index in [-0.39, 0.29) is 12.1 Å². The zero-order valence-corrected chi connectivity index (χ0v) is 16.5. The molecule has 27 heavy (non-hydrogen) atoms. The Hall–Kier alpha value is -2.11. The summed E-state index contributed by atoms with van der Waals surface area (Å²) >= 11 is 6.47. The number of anilines is 1. The molecule has 1 fully saturated rings. The Morgan fingerprint density at radius 1 is 1.07 bits per heavy atom. The van der Waals surface area contributed by atoms with Crippen molar-refractivity contribution in [2.75, 3.05) is 33.3 Å². The van der Waals surface area contributed by atoms with Crippen LogP contribution in [0.3, 0.4) is 0 Å². The molecule has 2 aromatic carbocycles. The highest BCUT2D eigenvalue weighted by Gasteiger charge is 2.40. The van der Waals surface area contributed by atoms with Crippen molar-refractivity contribution in [1.82, 2.24) is 0 Å². The van der Waals surface area contributed by atoms with Crippen LogP contribution < -0.4 is 19.5 Å². The first-order valence-electron chi connectivity index (χ1n) is 9.13. The van der Waals surface area contributed by atoms with Crippen LogP contribution in [0, 0.1) is 5.92 Å². The molecule has 6 heteroatoms. The van der Waals surface area contributed by atoms with Gasteiger partial charge in [-0.3, -0.25) is 0 Å². The van der Waals surface area contributed by atoms with Crippen LogP contribution in [0.2, 0.25) is 5.02 Å². The van der Waals surface area contributed by atoms with Crippen LogP contribution in [0.15, 0.2) is 30.3 Å². The van der Waals surface area contributed by atoms with Crippen molar-refractivity contribution < 1.29 is 18.9 Å². The second kappa shape index (κ2) is 7.49. The van der Waals surface area contributed by atoms with Gasteiger partial charge in [-0.15, -0.1) is 0 Å². The van der Waals surface area contributed by atoms with Gasteiger partial charge in [0.25, 0.3) is 0 Å². The molecule has 0 bridgehead atoms. The summed E-state index contributed by atoms with van der Waals surface area (Å²) in [5.74, 6) is 2.33. The Balaban J connectivity index is 1.78. The van der Waals surface area contributed by atoms with Crippen molar-refractivity contribution in [3.63, 3.8) is 0 Å². The number of hydrogen-bond donors (Lipinski definition) is 1. The fourth-order valence-electron chi connectivity index (χ4n) is 4.22. The topological polar surface area (TPSA) is 49.0 Å². The van der Waals surface area contributed by atoms with Gasteiger partial charge in [-0.1, -0.05) is 11.6 Å². The molecule has 0 amide bonds. The van der Waals surface area contributed by atoms with E-state index in [4.69, 9.17) is 30.5 Å². The van der Waals surface area contributed by atoms with Gasteiger partial charge in [0.15, 0.2) is 11.5 Å². The Morgan fingerprint density at radius 2 is 1.93 bits per heavy atom. The molecule has 0 spiro atoms. The van der Waals surface area contributed by atoms with Crippen molar-refractivity contribution in [2.45, 2.75) is 25.0 Å². The number of ether oxygens (including phenoxy) is 4. The third-order valence-corrected chi connectivity index (χ3v) is 5.77. The summed E-state index contributed by atoms with van der Waals surface area (Å²) in [7, 11) is 4.91. The van der Waals surface area contributed by atoms with E-state index in [0.717, 1.165) is 42.0 Å². The van der Waals surface area contributed by atoms with Crippen LogP contribution in [-0.2, 0) is 4.74 Å². The highest BCUT2D eigenvalue weighted by atomic mass is 35.5. The van der Waals surface area contributed by atoms with E-state index in [1.165, 1.54) is 0 Å².